The van der Waals surface area contributed by atoms with Gasteiger partial charge in [0.2, 0.25) is 0 Å². The summed E-state index contributed by atoms with van der Waals surface area (Å²) < 4.78 is 0. The molecule has 7 nitrogen and oxygen atoms in total. The molecule has 2 aromatic rings. The molecule has 2 aliphatic heterocycles. The molecule has 0 aliphatic carbocycles. The van der Waals surface area contributed by atoms with E-state index in [4.69, 9.17) is 11.6 Å². The summed E-state index contributed by atoms with van der Waals surface area (Å²) in [5.74, 6) is 0.0172. The Hall–Kier alpha value is -2.64. The molecule has 30 heavy (non-hydrogen) atoms. The van der Waals surface area contributed by atoms with Crippen molar-refractivity contribution in [3.8, 4) is 0 Å². The fourth-order valence-corrected chi connectivity index (χ4v) is 4.41. The number of likely N-dealkylation sites (tertiary alicyclic amines) is 1. The third kappa shape index (κ3) is 4.57. The van der Waals surface area contributed by atoms with Gasteiger partial charge in [-0.25, -0.2) is 0 Å². The highest BCUT2D eigenvalue weighted by Gasteiger charge is 2.26. The first-order chi connectivity index (χ1) is 14.5. The predicted octanol–water partition coefficient (Wildman–Crippen LogP) is 3.81. The Morgan fingerprint density at radius 1 is 1.00 bits per heavy atom. The Labute approximate surface area is 181 Å². The molecule has 0 saturated carbocycles. The van der Waals surface area contributed by atoms with Crippen molar-refractivity contribution in [3.63, 3.8) is 0 Å². The van der Waals surface area contributed by atoms with E-state index in [0.717, 1.165) is 25.2 Å². The molecular weight excluding hydrogens is 404 g/mol. The normalized spacial score (nSPS) is 17.4. The van der Waals surface area contributed by atoms with Crippen LogP contribution in [0.15, 0.2) is 42.5 Å². The lowest BCUT2D eigenvalue weighted by molar-refractivity contribution is -0.384. The zero-order chi connectivity index (χ0) is 21.1. The lowest BCUT2D eigenvalue weighted by Gasteiger charge is -2.36. The Kier molecular flexibility index (Phi) is 6.20. The maximum atomic E-state index is 13.0. The fourth-order valence-electron chi connectivity index (χ4n) is 4.24. The van der Waals surface area contributed by atoms with Crippen LogP contribution < -0.4 is 4.90 Å². The minimum atomic E-state index is -0.412. The summed E-state index contributed by atoms with van der Waals surface area (Å²) in [6, 6.07) is 12.6. The smallest absolute Gasteiger partial charge is 0.294 e. The number of hydrogen-bond acceptors (Lipinski definition) is 5. The van der Waals surface area contributed by atoms with E-state index >= 15 is 0 Å². The van der Waals surface area contributed by atoms with Gasteiger partial charge >= 0.3 is 0 Å². The number of nitro benzene ring substituents is 1. The summed E-state index contributed by atoms with van der Waals surface area (Å²) in [7, 11) is 0. The van der Waals surface area contributed by atoms with Crippen LogP contribution in [-0.4, -0.2) is 59.9 Å². The maximum absolute atomic E-state index is 13.0. The molecule has 2 heterocycles. The minimum absolute atomic E-state index is 0.00288. The van der Waals surface area contributed by atoms with Crippen molar-refractivity contribution in [3.05, 3.63) is 68.7 Å². The Morgan fingerprint density at radius 3 is 2.43 bits per heavy atom. The van der Waals surface area contributed by atoms with Gasteiger partial charge in [0, 0.05) is 49.4 Å². The second-order valence-corrected chi connectivity index (χ2v) is 8.29. The number of carbonyl (C=O) groups is 1. The van der Waals surface area contributed by atoms with E-state index in [1.807, 2.05) is 28.0 Å². The number of halogens is 1. The molecule has 0 radical (unpaired) electrons. The van der Waals surface area contributed by atoms with Gasteiger partial charge in [-0.05, 0) is 55.8 Å². The number of carbonyl (C=O) groups excluding carboxylic acids is 1. The van der Waals surface area contributed by atoms with Crippen LogP contribution in [0.1, 0.15) is 28.8 Å². The average Bonchev–Trinajstić information content (AvgIpc) is 3.26. The van der Waals surface area contributed by atoms with Gasteiger partial charge < -0.3 is 9.80 Å². The highest BCUT2D eigenvalue weighted by molar-refractivity contribution is 6.30. The standard InChI is InChI=1S/C22H25ClN4O3/c23-19-6-7-20(21(15-19)27(29)30)25-10-12-26(13-11-25)22(28)18-5-3-4-17(14-18)16-24-8-1-2-9-24/h3-7,14-15H,1-2,8-13,16H2. The second-order valence-electron chi connectivity index (χ2n) is 7.85. The number of anilines is 1. The van der Waals surface area contributed by atoms with E-state index in [-0.39, 0.29) is 11.6 Å². The summed E-state index contributed by atoms with van der Waals surface area (Å²) in [6.45, 7) is 5.26. The molecule has 158 valence electrons. The quantitative estimate of drug-likeness (QED) is 0.535. The first-order valence-corrected chi connectivity index (χ1v) is 10.7. The molecule has 2 saturated heterocycles. The van der Waals surface area contributed by atoms with Crippen molar-refractivity contribution >= 4 is 28.9 Å². The van der Waals surface area contributed by atoms with Crippen molar-refractivity contribution < 1.29 is 9.72 Å². The van der Waals surface area contributed by atoms with Crippen LogP contribution in [0.5, 0.6) is 0 Å². The van der Waals surface area contributed by atoms with Gasteiger partial charge in [0.15, 0.2) is 0 Å². The van der Waals surface area contributed by atoms with Crippen LogP contribution in [0.2, 0.25) is 5.02 Å². The molecule has 0 aromatic heterocycles. The van der Waals surface area contributed by atoms with Gasteiger partial charge in [0.05, 0.1) is 4.92 Å². The van der Waals surface area contributed by atoms with Crippen LogP contribution >= 0.6 is 11.6 Å². The van der Waals surface area contributed by atoms with Gasteiger partial charge in [-0.1, -0.05) is 23.7 Å². The van der Waals surface area contributed by atoms with Crippen molar-refractivity contribution in [2.24, 2.45) is 0 Å². The van der Waals surface area contributed by atoms with Crippen LogP contribution in [-0.2, 0) is 6.54 Å². The topological polar surface area (TPSA) is 69.9 Å². The summed E-state index contributed by atoms with van der Waals surface area (Å²) >= 11 is 5.92. The van der Waals surface area contributed by atoms with E-state index in [0.29, 0.717) is 42.5 Å². The lowest BCUT2D eigenvalue weighted by Crippen LogP contribution is -2.49. The summed E-state index contributed by atoms with van der Waals surface area (Å²) in [4.78, 5) is 30.2. The third-order valence-electron chi connectivity index (χ3n) is 5.82. The summed E-state index contributed by atoms with van der Waals surface area (Å²) in [5, 5.41) is 11.7. The molecule has 0 N–H and O–H groups in total. The van der Waals surface area contributed by atoms with Crippen LogP contribution in [0.3, 0.4) is 0 Å². The molecular formula is C22H25ClN4O3. The van der Waals surface area contributed by atoms with Gasteiger partial charge in [0.1, 0.15) is 5.69 Å². The number of nitro groups is 1. The van der Waals surface area contributed by atoms with Gasteiger partial charge in [0.25, 0.3) is 11.6 Å². The molecule has 0 unspecified atom stereocenters. The SMILES string of the molecule is O=C(c1cccc(CN2CCCC2)c1)N1CCN(c2ccc(Cl)cc2[N+](=O)[O-])CC1. The largest absolute Gasteiger partial charge is 0.362 e. The third-order valence-corrected chi connectivity index (χ3v) is 6.06. The molecule has 0 bridgehead atoms. The Balaban J connectivity index is 1.41. The first-order valence-electron chi connectivity index (χ1n) is 10.3. The maximum Gasteiger partial charge on any atom is 0.294 e. The molecule has 0 spiro atoms. The minimum Gasteiger partial charge on any atom is -0.362 e. The zero-order valence-corrected chi connectivity index (χ0v) is 17.6. The molecule has 2 fully saturated rings. The molecule has 8 heteroatoms. The van der Waals surface area contributed by atoms with Gasteiger partial charge in [-0.2, -0.15) is 0 Å². The number of nitrogens with zero attached hydrogens (tertiary/aromatic N) is 4. The number of amides is 1. The van der Waals surface area contributed by atoms with Gasteiger partial charge in [-0.15, -0.1) is 0 Å². The first kappa shape index (κ1) is 20.6. The second kappa shape index (κ2) is 9.02. The molecule has 0 atom stereocenters. The Bertz CT molecular complexity index is 938. The zero-order valence-electron chi connectivity index (χ0n) is 16.8. The molecule has 2 aromatic carbocycles. The Morgan fingerprint density at radius 2 is 1.73 bits per heavy atom. The van der Waals surface area contributed by atoms with Crippen molar-refractivity contribution in [2.45, 2.75) is 19.4 Å². The fraction of sp³-hybridized carbons (Fsp3) is 0.409. The number of benzene rings is 2. The van der Waals surface area contributed by atoms with E-state index in [1.165, 1.54) is 18.9 Å². The van der Waals surface area contributed by atoms with Crippen LogP contribution in [0.25, 0.3) is 0 Å². The number of rotatable bonds is 5. The van der Waals surface area contributed by atoms with Crippen LogP contribution in [0, 0.1) is 10.1 Å². The number of hydrogen-bond donors (Lipinski definition) is 0. The predicted molar refractivity (Wildman–Crippen MR) is 117 cm³/mol. The van der Waals surface area contributed by atoms with E-state index in [2.05, 4.69) is 11.0 Å². The highest BCUT2D eigenvalue weighted by atomic mass is 35.5. The average molecular weight is 429 g/mol. The van der Waals surface area contributed by atoms with Gasteiger partial charge in [-0.3, -0.25) is 19.8 Å². The summed E-state index contributed by atoms with van der Waals surface area (Å²) in [6.07, 6.45) is 2.49. The van der Waals surface area contributed by atoms with E-state index in [1.54, 1.807) is 12.1 Å². The molecule has 2 aliphatic rings. The van der Waals surface area contributed by atoms with Crippen molar-refractivity contribution in [2.75, 3.05) is 44.2 Å². The molecule has 1 amide bonds. The van der Waals surface area contributed by atoms with Crippen molar-refractivity contribution in [1.29, 1.82) is 0 Å². The summed E-state index contributed by atoms with van der Waals surface area (Å²) in [5.41, 5.74) is 2.41. The molecule has 4 rings (SSSR count). The van der Waals surface area contributed by atoms with E-state index < -0.39 is 4.92 Å². The monoisotopic (exact) mass is 428 g/mol. The van der Waals surface area contributed by atoms with E-state index in [9.17, 15) is 14.9 Å². The number of piperazine rings is 1. The highest BCUT2D eigenvalue weighted by Crippen LogP contribution is 2.31. The van der Waals surface area contributed by atoms with Crippen molar-refractivity contribution in [1.82, 2.24) is 9.80 Å². The van der Waals surface area contributed by atoms with Crippen LogP contribution in [0.4, 0.5) is 11.4 Å². The lowest BCUT2D eigenvalue weighted by atomic mass is 10.1.